The van der Waals surface area contributed by atoms with Gasteiger partial charge in [0.15, 0.2) is 11.5 Å². The quantitative estimate of drug-likeness (QED) is 0.479. The number of aromatic hydroxyl groups is 2. The van der Waals surface area contributed by atoms with E-state index in [9.17, 15) is 10.2 Å². The molecule has 0 bridgehead atoms. The van der Waals surface area contributed by atoms with Crippen LogP contribution >= 0.6 is 28.3 Å². The van der Waals surface area contributed by atoms with E-state index in [2.05, 4.69) is 35.6 Å². The highest BCUT2D eigenvalue weighted by Crippen LogP contribution is 2.48. The standard InChI is InChI=1S/C21H19NO2S.BrH/c23-17-8-13-6-7-16-20(15(13)10-18(17)24)21-14(11-22-16)9-19(25-21)12-4-2-1-3-5-12;/h1-5,8-10,16,20,22-24H,6-7,11H2;1H/t16-,20-;/m1./s1. The molecule has 2 atom stereocenters. The molecule has 26 heavy (non-hydrogen) atoms. The van der Waals surface area contributed by atoms with Crippen molar-refractivity contribution >= 4 is 28.3 Å². The van der Waals surface area contributed by atoms with E-state index < -0.39 is 0 Å². The van der Waals surface area contributed by atoms with E-state index in [1.165, 1.54) is 20.9 Å². The van der Waals surface area contributed by atoms with Gasteiger partial charge in [-0.3, -0.25) is 0 Å². The maximum absolute atomic E-state index is 10.0. The maximum atomic E-state index is 10.0. The molecule has 2 aromatic carbocycles. The van der Waals surface area contributed by atoms with Crippen LogP contribution < -0.4 is 5.32 Å². The fraction of sp³-hybridized carbons (Fsp3) is 0.238. The zero-order chi connectivity index (χ0) is 17.0. The fourth-order valence-corrected chi connectivity index (χ4v) is 5.58. The number of hydrogen-bond acceptors (Lipinski definition) is 4. The summed E-state index contributed by atoms with van der Waals surface area (Å²) in [6.07, 6.45) is 1.99. The van der Waals surface area contributed by atoms with Crippen LogP contribution in [0.5, 0.6) is 11.5 Å². The van der Waals surface area contributed by atoms with E-state index >= 15 is 0 Å². The average molecular weight is 430 g/mol. The van der Waals surface area contributed by atoms with Gasteiger partial charge in [0.25, 0.3) is 0 Å². The van der Waals surface area contributed by atoms with Crippen molar-refractivity contribution in [3.63, 3.8) is 0 Å². The van der Waals surface area contributed by atoms with E-state index in [-0.39, 0.29) is 34.4 Å². The summed E-state index contributed by atoms with van der Waals surface area (Å²) >= 11 is 1.86. The summed E-state index contributed by atoms with van der Waals surface area (Å²) < 4.78 is 0. The Hall–Kier alpha value is -1.82. The predicted octanol–water partition coefficient (Wildman–Crippen LogP) is 4.95. The van der Waals surface area contributed by atoms with Crippen molar-refractivity contribution in [2.24, 2.45) is 0 Å². The lowest BCUT2D eigenvalue weighted by Gasteiger charge is -2.38. The topological polar surface area (TPSA) is 52.5 Å². The van der Waals surface area contributed by atoms with Gasteiger partial charge < -0.3 is 15.5 Å². The van der Waals surface area contributed by atoms with Crippen molar-refractivity contribution in [2.45, 2.75) is 31.3 Å². The molecule has 3 aromatic rings. The summed E-state index contributed by atoms with van der Waals surface area (Å²) in [5, 5.41) is 23.6. The monoisotopic (exact) mass is 429 g/mol. The van der Waals surface area contributed by atoms with Gasteiger partial charge >= 0.3 is 0 Å². The van der Waals surface area contributed by atoms with Crippen molar-refractivity contribution in [3.05, 3.63) is 70.1 Å². The number of hydrogen-bond donors (Lipinski definition) is 3. The Kier molecular flexibility index (Phi) is 4.55. The number of nitrogens with one attached hydrogen (secondary N) is 1. The number of halogens is 1. The highest BCUT2D eigenvalue weighted by Gasteiger charge is 2.37. The average Bonchev–Trinajstić information content (AvgIpc) is 3.07. The maximum Gasteiger partial charge on any atom is 0.157 e. The molecule has 2 heterocycles. The molecule has 0 spiro atoms. The SMILES string of the molecule is Br.Oc1cc2c(cc1O)[C@H]1c3sc(-c4ccccc4)cc3CN[C@@H]1CC2. The van der Waals surface area contributed by atoms with Crippen LogP contribution in [0, 0.1) is 0 Å². The van der Waals surface area contributed by atoms with Gasteiger partial charge in [-0.05, 0) is 53.3 Å². The van der Waals surface area contributed by atoms with Crippen LogP contribution in [-0.4, -0.2) is 16.3 Å². The van der Waals surface area contributed by atoms with E-state index in [1.807, 2.05) is 17.4 Å². The van der Waals surface area contributed by atoms with Crippen LogP contribution in [0.15, 0.2) is 48.5 Å². The molecule has 1 aliphatic carbocycles. The molecule has 5 rings (SSSR count). The van der Waals surface area contributed by atoms with Crippen molar-refractivity contribution in [2.75, 3.05) is 0 Å². The molecular formula is C21H20BrNO2S. The number of fused-ring (bicyclic) bond motifs is 5. The molecule has 2 aliphatic rings. The molecule has 134 valence electrons. The predicted molar refractivity (Wildman–Crippen MR) is 111 cm³/mol. The van der Waals surface area contributed by atoms with Crippen molar-refractivity contribution in [3.8, 4) is 21.9 Å². The van der Waals surface area contributed by atoms with Gasteiger partial charge in [-0.1, -0.05) is 30.3 Å². The van der Waals surface area contributed by atoms with E-state index in [4.69, 9.17) is 0 Å². The molecule has 0 unspecified atom stereocenters. The summed E-state index contributed by atoms with van der Waals surface area (Å²) in [5.74, 6) is 0.213. The third-order valence-electron chi connectivity index (χ3n) is 5.44. The Balaban J connectivity index is 0.00000168. The summed E-state index contributed by atoms with van der Waals surface area (Å²) in [7, 11) is 0. The lowest BCUT2D eigenvalue weighted by atomic mass is 9.75. The Labute approximate surface area is 167 Å². The zero-order valence-corrected chi connectivity index (χ0v) is 16.6. The van der Waals surface area contributed by atoms with Crippen LogP contribution in [-0.2, 0) is 13.0 Å². The molecule has 1 aliphatic heterocycles. The summed E-state index contributed by atoms with van der Waals surface area (Å²) in [6.45, 7) is 0.902. The summed E-state index contributed by atoms with van der Waals surface area (Å²) in [5.41, 5.74) is 4.91. The van der Waals surface area contributed by atoms with Gasteiger partial charge in [0.2, 0.25) is 0 Å². The third kappa shape index (κ3) is 2.75. The number of aryl methyl sites for hydroxylation is 1. The molecule has 0 saturated heterocycles. The van der Waals surface area contributed by atoms with Gasteiger partial charge in [-0.15, -0.1) is 28.3 Å². The fourth-order valence-electron chi connectivity index (χ4n) is 4.21. The minimum atomic E-state index is -0.0219. The second kappa shape index (κ2) is 6.72. The Bertz CT molecular complexity index is 954. The van der Waals surface area contributed by atoms with Gasteiger partial charge in [0, 0.05) is 28.3 Å². The third-order valence-corrected chi connectivity index (χ3v) is 6.75. The van der Waals surface area contributed by atoms with Crippen LogP contribution in [0.2, 0.25) is 0 Å². The van der Waals surface area contributed by atoms with Crippen molar-refractivity contribution < 1.29 is 10.2 Å². The highest BCUT2D eigenvalue weighted by molar-refractivity contribution is 8.93. The molecule has 0 radical (unpaired) electrons. The Morgan fingerprint density at radius 1 is 0.962 bits per heavy atom. The van der Waals surface area contributed by atoms with Gasteiger partial charge in [0.05, 0.1) is 0 Å². The first-order chi connectivity index (χ1) is 12.2. The number of phenols is 2. The number of thiophene rings is 1. The molecule has 5 heteroatoms. The van der Waals surface area contributed by atoms with E-state index in [1.54, 1.807) is 12.1 Å². The smallest absolute Gasteiger partial charge is 0.157 e. The number of benzene rings is 2. The summed E-state index contributed by atoms with van der Waals surface area (Å²) in [4.78, 5) is 2.69. The minimum Gasteiger partial charge on any atom is -0.504 e. The van der Waals surface area contributed by atoms with E-state index in [0.717, 1.165) is 30.5 Å². The van der Waals surface area contributed by atoms with Gasteiger partial charge in [0.1, 0.15) is 0 Å². The molecular weight excluding hydrogens is 410 g/mol. The zero-order valence-electron chi connectivity index (χ0n) is 14.1. The Morgan fingerprint density at radius 3 is 2.54 bits per heavy atom. The first-order valence-corrected chi connectivity index (χ1v) is 9.48. The number of rotatable bonds is 1. The second-order valence-electron chi connectivity index (χ2n) is 6.91. The first-order valence-electron chi connectivity index (χ1n) is 8.67. The van der Waals surface area contributed by atoms with E-state index in [0.29, 0.717) is 6.04 Å². The van der Waals surface area contributed by atoms with Crippen LogP contribution in [0.3, 0.4) is 0 Å². The first kappa shape index (κ1) is 17.6. The molecule has 3 N–H and O–H groups in total. The molecule has 3 nitrogen and oxygen atoms in total. The van der Waals surface area contributed by atoms with Crippen LogP contribution in [0.4, 0.5) is 0 Å². The Morgan fingerprint density at radius 2 is 1.73 bits per heavy atom. The van der Waals surface area contributed by atoms with Crippen molar-refractivity contribution in [1.29, 1.82) is 0 Å². The largest absolute Gasteiger partial charge is 0.504 e. The lowest BCUT2D eigenvalue weighted by molar-refractivity contribution is 0.383. The summed E-state index contributed by atoms with van der Waals surface area (Å²) in [6, 6.07) is 16.7. The molecule has 1 aromatic heterocycles. The lowest BCUT2D eigenvalue weighted by Crippen LogP contribution is -2.41. The second-order valence-corrected chi connectivity index (χ2v) is 7.99. The van der Waals surface area contributed by atoms with Crippen molar-refractivity contribution in [1.82, 2.24) is 5.32 Å². The van der Waals surface area contributed by atoms with Crippen LogP contribution in [0.1, 0.15) is 33.9 Å². The van der Waals surface area contributed by atoms with Gasteiger partial charge in [-0.25, -0.2) is 0 Å². The molecule has 0 fully saturated rings. The molecule has 0 saturated carbocycles. The van der Waals surface area contributed by atoms with Crippen LogP contribution in [0.25, 0.3) is 10.4 Å². The highest BCUT2D eigenvalue weighted by atomic mass is 79.9. The molecule has 0 amide bonds. The normalized spacial score (nSPS) is 20.5. The van der Waals surface area contributed by atoms with Gasteiger partial charge in [-0.2, -0.15) is 0 Å². The number of phenolic OH excluding ortho intramolecular Hbond substituents is 2. The minimum absolute atomic E-state index is 0.